The van der Waals surface area contributed by atoms with E-state index in [-0.39, 0.29) is 18.3 Å². The number of carbonyl (C=O) groups excluding carboxylic acids is 3. The van der Waals surface area contributed by atoms with Gasteiger partial charge in [0.05, 0.1) is 4.83 Å². The summed E-state index contributed by atoms with van der Waals surface area (Å²) in [7, 11) is 0. The molecule has 1 saturated heterocycles. The predicted molar refractivity (Wildman–Crippen MR) is 117 cm³/mol. The van der Waals surface area contributed by atoms with E-state index < -0.39 is 40.9 Å². The van der Waals surface area contributed by atoms with Crippen LogP contribution in [0.3, 0.4) is 0 Å². The summed E-state index contributed by atoms with van der Waals surface area (Å²) in [6.07, 6.45) is -1.14. The second-order valence-electron chi connectivity index (χ2n) is 7.13. The summed E-state index contributed by atoms with van der Waals surface area (Å²) < 4.78 is 17.6. The van der Waals surface area contributed by atoms with Crippen molar-refractivity contribution in [3.63, 3.8) is 0 Å². The van der Waals surface area contributed by atoms with Crippen LogP contribution in [-0.2, 0) is 28.6 Å². The third kappa shape index (κ3) is 5.40. The number of halogens is 1. The average Bonchev–Trinajstić information content (AvgIpc) is 3.02. The number of amides is 1. The number of aromatic nitrogens is 2. The van der Waals surface area contributed by atoms with E-state index in [0.29, 0.717) is 11.1 Å². The molecule has 1 aliphatic rings. The van der Waals surface area contributed by atoms with E-state index in [1.807, 2.05) is 6.07 Å². The van der Waals surface area contributed by atoms with Crippen molar-refractivity contribution in [1.82, 2.24) is 9.55 Å². The predicted octanol–water partition coefficient (Wildman–Crippen LogP) is 2.02. The summed E-state index contributed by atoms with van der Waals surface area (Å²) in [5.74, 6) is -1.35. The van der Waals surface area contributed by atoms with Crippen LogP contribution in [0.15, 0.2) is 41.3 Å². The van der Waals surface area contributed by atoms with Gasteiger partial charge in [-0.2, -0.15) is 4.98 Å². The third-order valence-electron chi connectivity index (χ3n) is 4.62. The van der Waals surface area contributed by atoms with Crippen LogP contribution in [0.4, 0.5) is 5.82 Å². The van der Waals surface area contributed by atoms with E-state index >= 15 is 0 Å². The van der Waals surface area contributed by atoms with Crippen LogP contribution >= 0.6 is 15.9 Å². The van der Waals surface area contributed by atoms with Gasteiger partial charge in [-0.3, -0.25) is 19.0 Å². The van der Waals surface area contributed by atoms with Crippen molar-refractivity contribution < 1.29 is 28.6 Å². The maximum Gasteiger partial charge on any atom is 0.351 e. The minimum absolute atomic E-state index is 0.0961. The van der Waals surface area contributed by atoms with Gasteiger partial charge in [0.15, 0.2) is 12.3 Å². The van der Waals surface area contributed by atoms with Gasteiger partial charge in [-0.05, 0) is 5.56 Å². The Balaban J connectivity index is 2.07. The lowest BCUT2D eigenvalue weighted by molar-refractivity contribution is -0.153. The molecule has 1 aromatic carbocycles. The maximum atomic E-state index is 12.9. The van der Waals surface area contributed by atoms with Crippen LogP contribution in [0.25, 0.3) is 11.1 Å². The molecule has 2 heterocycles. The van der Waals surface area contributed by atoms with Crippen LogP contribution in [0, 0.1) is 0 Å². The molecule has 1 fully saturated rings. The molecule has 1 N–H and O–H groups in total. The summed E-state index contributed by atoms with van der Waals surface area (Å²) in [5, 5.41) is 2.57. The number of benzene rings is 1. The normalized spacial score (nSPS) is 22.2. The number of carbonyl (C=O) groups is 3. The van der Waals surface area contributed by atoms with Crippen molar-refractivity contribution in [2.45, 2.75) is 44.0 Å². The van der Waals surface area contributed by atoms with E-state index in [1.54, 1.807) is 24.3 Å². The van der Waals surface area contributed by atoms with Crippen molar-refractivity contribution in [3.05, 3.63) is 47.0 Å². The zero-order valence-corrected chi connectivity index (χ0v) is 19.2. The first-order valence-electron chi connectivity index (χ1n) is 9.73. The number of ether oxygens (including phenoxy) is 3. The first kappa shape index (κ1) is 23.6. The van der Waals surface area contributed by atoms with Gasteiger partial charge in [0.2, 0.25) is 5.91 Å². The molecule has 32 heavy (non-hydrogen) atoms. The molecule has 10 nitrogen and oxygen atoms in total. The van der Waals surface area contributed by atoms with Crippen LogP contribution in [0.5, 0.6) is 0 Å². The summed E-state index contributed by atoms with van der Waals surface area (Å²) in [5.41, 5.74) is 0.454. The number of esters is 2. The lowest BCUT2D eigenvalue weighted by Crippen LogP contribution is -2.37. The molecule has 4 atom stereocenters. The van der Waals surface area contributed by atoms with Crippen LogP contribution in [0.2, 0.25) is 0 Å². The van der Waals surface area contributed by atoms with Gasteiger partial charge in [-0.25, -0.2) is 4.79 Å². The molecular weight excluding hydrogens is 486 g/mol. The molecular formula is C21H22BrN3O7. The highest BCUT2D eigenvalue weighted by Crippen LogP contribution is 2.37. The number of nitrogens with one attached hydrogen (secondary N) is 1. The lowest BCUT2D eigenvalue weighted by Gasteiger charge is -2.22. The molecule has 0 spiro atoms. The Morgan fingerprint density at radius 1 is 1.16 bits per heavy atom. The molecule has 1 amide bonds. The van der Waals surface area contributed by atoms with E-state index in [4.69, 9.17) is 14.2 Å². The number of nitrogens with zero attached hydrogens (tertiary/aromatic N) is 2. The minimum Gasteiger partial charge on any atom is -0.463 e. The van der Waals surface area contributed by atoms with Crippen LogP contribution in [-0.4, -0.2) is 51.0 Å². The van der Waals surface area contributed by atoms with Crippen molar-refractivity contribution in [2.24, 2.45) is 0 Å². The lowest BCUT2D eigenvalue weighted by atomic mass is 10.1. The molecule has 11 heteroatoms. The number of hydrogen-bond acceptors (Lipinski definition) is 8. The molecule has 1 aliphatic heterocycles. The van der Waals surface area contributed by atoms with Gasteiger partial charge in [0.25, 0.3) is 0 Å². The van der Waals surface area contributed by atoms with Crippen LogP contribution < -0.4 is 11.0 Å². The summed E-state index contributed by atoms with van der Waals surface area (Å²) >= 11 is 3.44. The second kappa shape index (κ2) is 10.0. The molecule has 1 aromatic heterocycles. The van der Waals surface area contributed by atoms with Crippen molar-refractivity contribution in [2.75, 3.05) is 11.9 Å². The molecule has 2 aromatic rings. The Hall–Kier alpha value is -3.05. The Morgan fingerprint density at radius 3 is 2.44 bits per heavy atom. The quantitative estimate of drug-likeness (QED) is 0.464. The third-order valence-corrected chi connectivity index (χ3v) is 5.73. The number of alkyl halides is 1. The number of rotatable bonds is 6. The minimum atomic E-state index is -1.04. The zero-order chi connectivity index (χ0) is 23.4. The van der Waals surface area contributed by atoms with E-state index in [0.717, 1.165) is 0 Å². The topological polar surface area (TPSA) is 126 Å². The highest BCUT2D eigenvalue weighted by atomic mass is 79.9. The molecule has 3 rings (SSSR count). The first-order valence-corrected chi connectivity index (χ1v) is 10.6. The molecule has 0 unspecified atom stereocenters. The van der Waals surface area contributed by atoms with Gasteiger partial charge in [0.1, 0.15) is 18.5 Å². The van der Waals surface area contributed by atoms with Gasteiger partial charge in [-0.15, -0.1) is 0 Å². The Labute approximate surface area is 192 Å². The zero-order valence-electron chi connectivity index (χ0n) is 17.6. The molecule has 0 aliphatic carbocycles. The van der Waals surface area contributed by atoms with Crippen molar-refractivity contribution in [3.8, 4) is 11.1 Å². The fourth-order valence-corrected chi connectivity index (χ4v) is 3.96. The first-order chi connectivity index (χ1) is 15.2. The maximum absolute atomic E-state index is 12.9. The van der Waals surface area contributed by atoms with Gasteiger partial charge < -0.3 is 19.5 Å². The average molecular weight is 508 g/mol. The summed E-state index contributed by atoms with van der Waals surface area (Å²) in [4.78, 5) is 50.9. The molecule has 0 radical (unpaired) electrons. The van der Waals surface area contributed by atoms with Crippen molar-refractivity contribution >= 4 is 39.6 Å². The summed E-state index contributed by atoms with van der Waals surface area (Å²) in [6.45, 7) is 3.72. The largest absolute Gasteiger partial charge is 0.463 e. The summed E-state index contributed by atoms with van der Waals surface area (Å²) in [6, 6.07) is 9.04. The van der Waals surface area contributed by atoms with E-state index in [1.165, 1.54) is 31.5 Å². The highest BCUT2D eigenvalue weighted by Gasteiger charge is 2.47. The Kier molecular flexibility index (Phi) is 7.41. The SMILES string of the molecule is CC(=O)Nc1nc(=O)n([C@@H]2O[C@H](COC(C)=O)[C@@H](Br)[C@H]2OC(C)=O)cc1-c1ccccc1. The molecule has 0 saturated carbocycles. The molecule has 0 bridgehead atoms. The van der Waals surface area contributed by atoms with Crippen LogP contribution in [0.1, 0.15) is 27.0 Å². The van der Waals surface area contributed by atoms with Gasteiger partial charge in [0, 0.05) is 32.5 Å². The number of hydrogen-bond donors (Lipinski definition) is 1. The van der Waals surface area contributed by atoms with Crippen molar-refractivity contribution in [1.29, 1.82) is 0 Å². The van der Waals surface area contributed by atoms with Gasteiger partial charge in [-0.1, -0.05) is 46.3 Å². The highest BCUT2D eigenvalue weighted by molar-refractivity contribution is 9.09. The molecule has 170 valence electrons. The standard InChI is InChI=1S/C21H22BrN3O7/c1-11(26)23-19-15(14-7-5-4-6-8-14)9-25(21(29)24-19)20-18(31-13(3)28)17(22)16(32-20)10-30-12(2)27/h4-9,16-18,20H,10H2,1-3H3,(H,23,24,26,29)/t16-,17-,18-,20-/m1/s1. The number of anilines is 1. The van der Waals surface area contributed by atoms with E-state index in [9.17, 15) is 19.2 Å². The van der Waals surface area contributed by atoms with Gasteiger partial charge >= 0.3 is 17.6 Å². The fraction of sp³-hybridized carbons (Fsp3) is 0.381. The Bertz CT molecular complexity index is 1070. The monoisotopic (exact) mass is 507 g/mol. The Morgan fingerprint density at radius 2 is 1.84 bits per heavy atom. The smallest absolute Gasteiger partial charge is 0.351 e. The fourth-order valence-electron chi connectivity index (χ4n) is 3.31. The van der Waals surface area contributed by atoms with E-state index in [2.05, 4.69) is 26.2 Å². The second-order valence-corrected chi connectivity index (χ2v) is 8.18.